The van der Waals surface area contributed by atoms with Gasteiger partial charge in [-0.25, -0.2) is 4.98 Å². The second-order valence-corrected chi connectivity index (χ2v) is 9.17. The smallest absolute Gasteiger partial charge is 0.228 e. The van der Waals surface area contributed by atoms with Crippen LogP contribution in [0.3, 0.4) is 0 Å². The van der Waals surface area contributed by atoms with Gasteiger partial charge in [-0.15, -0.1) is 0 Å². The van der Waals surface area contributed by atoms with Crippen LogP contribution in [0.4, 0.5) is 17.5 Å². The first-order chi connectivity index (χ1) is 16.2. The first-order valence-corrected chi connectivity index (χ1v) is 11.8. The number of benzene rings is 2. The number of rotatable bonds is 6. The normalized spacial score (nSPS) is 16.3. The van der Waals surface area contributed by atoms with Gasteiger partial charge in [-0.05, 0) is 55.2 Å². The fourth-order valence-electron chi connectivity index (χ4n) is 4.13. The number of morpholine rings is 1. The molecule has 3 heterocycles. The van der Waals surface area contributed by atoms with E-state index in [4.69, 9.17) is 31.4 Å². The molecule has 7 nitrogen and oxygen atoms in total. The zero-order chi connectivity index (χ0) is 22.2. The fourth-order valence-corrected chi connectivity index (χ4v) is 4.25. The van der Waals surface area contributed by atoms with E-state index in [9.17, 15) is 0 Å². The summed E-state index contributed by atoms with van der Waals surface area (Å²) in [5, 5.41) is 9.98. The molecule has 8 heteroatoms. The highest BCUT2D eigenvalue weighted by molar-refractivity contribution is 6.30. The molecule has 0 bridgehead atoms. The number of hydrogen-bond acceptors (Lipinski definition) is 6. The molecule has 1 N–H and O–H groups in total. The van der Waals surface area contributed by atoms with E-state index >= 15 is 0 Å². The summed E-state index contributed by atoms with van der Waals surface area (Å²) in [6.45, 7) is 3.92. The van der Waals surface area contributed by atoms with E-state index < -0.39 is 0 Å². The molecular weight excluding hydrogens is 436 g/mol. The molecule has 0 amide bonds. The average Bonchev–Trinajstić information content (AvgIpc) is 3.56. The molecule has 6 rings (SSSR count). The molecular formula is C25H25ClN6O. The van der Waals surface area contributed by atoms with Gasteiger partial charge < -0.3 is 15.0 Å². The van der Waals surface area contributed by atoms with Crippen molar-refractivity contribution in [2.45, 2.75) is 19.4 Å². The third-order valence-corrected chi connectivity index (χ3v) is 6.37. The van der Waals surface area contributed by atoms with E-state index in [-0.39, 0.29) is 0 Å². The summed E-state index contributed by atoms with van der Waals surface area (Å²) in [4.78, 5) is 11.9. The number of anilines is 3. The van der Waals surface area contributed by atoms with Gasteiger partial charge in [0.05, 0.1) is 24.4 Å². The SMILES string of the molecule is Clc1ccc(Nc2cc(-c3ccc4nn(CC5CC5)cc4c3)nc(N3CCOCC3)n2)cc1. The maximum absolute atomic E-state index is 6.05. The van der Waals surface area contributed by atoms with Crippen LogP contribution >= 0.6 is 11.6 Å². The van der Waals surface area contributed by atoms with Gasteiger partial charge in [0, 0.05) is 53.6 Å². The van der Waals surface area contributed by atoms with Crippen LogP contribution in [0.5, 0.6) is 0 Å². The lowest BCUT2D eigenvalue weighted by atomic mass is 10.1. The second-order valence-electron chi connectivity index (χ2n) is 8.74. The summed E-state index contributed by atoms with van der Waals surface area (Å²) < 4.78 is 7.60. The predicted molar refractivity (Wildman–Crippen MR) is 131 cm³/mol. The van der Waals surface area contributed by atoms with Gasteiger partial charge in [0.1, 0.15) is 5.82 Å². The van der Waals surface area contributed by atoms with Gasteiger partial charge in [-0.2, -0.15) is 10.1 Å². The van der Waals surface area contributed by atoms with E-state index in [1.807, 2.05) is 30.3 Å². The van der Waals surface area contributed by atoms with Crippen LogP contribution in [-0.4, -0.2) is 46.1 Å². The Morgan fingerprint density at radius 2 is 1.82 bits per heavy atom. The molecule has 0 atom stereocenters. The fraction of sp³-hybridized carbons (Fsp3) is 0.320. The number of nitrogens with zero attached hydrogens (tertiary/aromatic N) is 5. The molecule has 2 aliphatic rings. The summed E-state index contributed by atoms with van der Waals surface area (Å²) in [5.41, 5.74) is 3.86. The molecule has 33 heavy (non-hydrogen) atoms. The highest BCUT2D eigenvalue weighted by Crippen LogP contribution is 2.32. The van der Waals surface area contributed by atoms with Gasteiger partial charge in [0.25, 0.3) is 0 Å². The summed E-state index contributed by atoms with van der Waals surface area (Å²) in [7, 11) is 0. The van der Waals surface area contributed by atoms with Crippen molar-refractivity contribution in [3.05, 3.63) is 59.8 Å². The molecule has 2 aromatic carbocycles. The Morgan fingerprint density at radius 3 is 2.61 bits per heavy atom. The van der Waals surface area contributed by atoms with Gasteiger partial charge in [0.2, 0.25) is 5.95 Å². The molecule has 0 unspecified atom stereocenters. The molecule has 2 aromatic heterocycles. The number of ether oxygens (including phenoxy) is 1. The molecule has 4 aromatic rings. The van der Waals surface area contributed by atoms with Crippen molar-refractivity contribution in [2.24, 2.45) is 5.92 Å². The summed E-state index contributed by atoms with van der Waals surface area (Å²) in [6.07, 6.45) is 4.78. The van der Waals surface area contributed by atoms with E-state index in [1.54, 1.807) is 0 Å². The van der Waals surface area contributed by atoms with Crippen LogP contribution in [0.25, 0.3) is 22.2 Å². The minimum atomic E-state index is 0.680. The molecule has 2 fully saturated rings. The maximum atomic E-state index is 6.05. The van der Waals surface area contributed by atoms with E-state index in [2.05, 4.69) is 39.3 Å². The van der Waals surface area contributed by atoms with Crippen molar-refractivity contribution in [2.75, 3.05) is 36.5 Å². The van der Waals surface area contributed by atoms with Crippen LogP contribution in [0.15, 0.2) is 54.7 Å². The Balaban J connectivity index is 1.36. The van der Waals surface area contributed by atoms with Crippen LogP contribution in [0.2, 0.25) is 5.02 Å². The third-order valence-electron chi connectivity index (χ3n) is 6.11. The largest absolute Gasteiger partial charge is 0.378 e. The monoisotopic (exact) mass is 460 g/mol. The van der Waals surface area contributed by atoms with Crippen molar-refractivity contribution in [3.8, 4) is 11.3 Å². The molecule has 1 aliphatic carbocycles. The van der Waals surface area contributed by atoms with Crippen molar-refractivity contribution < 1.29 is 4.74 Å². The van der Waals surface area contributed by atoms with Crippen LogP contribution < -0.4 is 10.2 Å². The number of aromatic nitrogens is 4. The Morgan fingerprint density at radius 1 is 1.00 bits per heavy atom. The molecule has 1 saturated heterocycles. The number of hydrogen-bond donors (Lipinski definition) is 1. The van der Waals surface area contributed by atoms with Gasteiger partial charge >= 0.3 is 0 Å². The van der Waals surface area contributed by atoms with Crippen molar-refractivity contribution in [1.29, 1.82) is 0 Å². The van der Waals surface area contributed by atoms with Gasteiger partial charge in [-0.3, -0.25) is 4.68 Å². The maximum Gasteiger partial charge on any atom is 0.228 e. The Bertz CT molecular complexity index is 1280. The first kappa shape index (κ1) is 20.4. The minimum Gasteiger partial charge on any atom is -0.378 e. The highest BCUT2D eigenvalue weighted by atomic mass is 35.5. The second kappa shape index (κ2) is 8.65. The van der Waals surface area contributed by atoms with E-state index in [0.717, 1.165) is 59.2 Å². The lowest BCUT2D eigenvalue weighted by molar-refractivity contribution is 0.122. The van der Waals surface area contributed by atoms with Crippen molar-refractivity contribution in [1.82, 2.24) is 19.7 Å². The van der Waals surface area contributed by atoms with Gasteiger partial charge in [-0.1, -0.05) is 17.7 Å². The molecule has 0 radical (unpaired) electrons. The zero-order valence-electron chi connectivity index (χ0n) is 18.2. The average molecular weight is 461 g/mol. The quantitative estimate of drug-likeness (QED) is 0.430. The number of halogens is 1. The first-order valence-electron chi connectivity index (χ1n) is 11.4. The highest BCUT2D eigenvalue weighted by Gasteiger charge is 2.22. The van der Waals surface area contributed by atoms with E-state index in [1.165, 1.54) is 12.8 Å². The minimum absolute atomic E-state index is 0.680. The number of fused-ring (bicyclic) bond motifs is 1. The Hall–Kier alpha value is -3.16. The Labute approximate surface area is 197 Å². The molecule has 1 saturated carbocycles. The van der Waals surface area contributed by atoms with Crippen LogP contribution in [0.1, 0.15) is 12.8 Å². The summed E-state index contributed by atoms with van der Waals surface area (Å²) in [5.74, 6) is 2.24. The third kappa shape index (κ3) is 4.65. The zero-order valence-corrected chi connectivity index (χ0v) is 19.0. The van der Waals surface area contributed by atoms with Crippen LogP contribution in [0, 0.1) is 5.92 Å². The predicted octanol–water partition coefficient (Wildman–Crippen LogP) is 5.14. The number of nitrogens with one attached hydrogen (secondary N) is 1. The molecule has 168 valence electrons. The standard InChI is InChI=1S/C25H25ClN6O/c26-20-4-6-21(7-5-20)27-24-14-23(28-25(29-24)31-9-11-33-12-10-31)18-3-8-22-19(13-18)16-32(30-22)15-17-1-2-17/h3-8,13-14,16-17H,1-2,9-12,15H2,(H,27,28,29). The van der Waals surface area contributed by atoms with Crippen molar-refractivity contribution in [3.63, 3.8) is 0 Å². The summed E-state index contributed by atoms with van der Waals surface area (Å²) >= 11 is 6.05. The topological polar surface area (TPSA) is 68.1 Å². The Kier molecular flexibility index (Phi) is 5.36. The lowest BCUT2D eigenvalue weighted by Gasteiger charge is -2.27. The molecule has 1 aliphatic heterocycles. The lowest BCUT2D eigenvalue weighted by Crippen LogP contribution is -2.37. The molecule has 0 spiro atoms. The van der Waals surface area contributed by atoms with Crippen molar-refractivity contribution >= 4 is 40.0 Å². The van der Waals surface area contributed by atoms with Crippen LogP contribution in [-0.2, 0) is 11.3 Å². The van der Waals surface area contributed by atoms with E-state index in [0.29, 0.717) is 24.2 Å². The van der Waals surface area contributed by atoms with Gasteiger partial charge in [0.15, 0.2) is 0 Å². The summed E-state index contributed by atoms with van der Waals surface area (Å²) in [6, 6.07) is 15.9.